The van der Waals surface area contributed by atoms with Gasteiger partial charge in [0.15, 0.2) is 23.0 Å². The highest BCUT2D eigenvalue weighted by Crippen LogP contribution is 2.34. The van der Waals surface area contributed by atoms with Crippen molar-refractivity contribution in [3.63, 3.8) is 0 Å². The number of hydrogen-bond acceptors (Lipinski definition) is 7. The summed E-state index contributed by atoms with van der Waals surface area (Å²) in [7, 11) is -1.17. The van der Waals surface area contributed by atoms with E-state index < -0.39 is 22.5 Å². The summed E-state index contributed by atoms with van der Waals surface area (Å²) < 4.78 is 49.3. The van der Waals surface area contributed by atoms with Gasteiger partial charge in [0.25, 0.3) is 0 Å². The SMILES string of the molecule is COc1ccc(S(=O)(=O)N(CC(=O)Nc2ccc3c(c2)OCO3)Cc2ccccc2)cc1OC. The number of hydrogen-bond donors (Lipinski definition) is 1. The fourth-order valence-corrected chi connectivity index (χ4v) is 4.87. The lowest BCUT2D eigenvalue weighted by Crippen LogP contribution is -2.37. The van der Waals surface area contributed by atoms with E-state index in [1.807, 2.05) is 18.2 Å². The first-order valence-corrected chi connectivity index (χ1v) is 11.8. The molecule has 0 spiro atoms. The van der Waals surface area contributed by atoms with Crippen molar-refractivity contribution in [1.82, 2.24) is 4.31 Å². The standard InChI is InChI=1S/C24H24N2O7S/c1-30-20-11-9-19(13-22(20)31-2)34(28,29)26(14-17-6-4-3-5-7-17)15-24(27)25-18-8-10-21-23(12-18)33-16-32-21/h3-13H,14-16H2,1-2H3,(H,25,27). The van der Waals surface area contributed by atoms with E-state index in [9.17, 15) is 13.2 Å². The second-order valence-corrected chi connectivity index (χ2v) is 9.33. The van der Waals surface area contributed by atoms with Gasteiger partial charge in [-0.1, -0.05) is 30.3 Å². The molecule has 1 aliphatic rings. The topological polar surface area (TPSA) is 103 Å². The lowest BCUT2D eigenvalue weighted by Gasteiger charge is -2.22. The van der Waals surface area contributed by atoms with Crippen LogP contribution >= 0.6 is 0 Å². The minimum Gasteiger partial charge on any atom is -0.493 e. The highest BCUT2D eigenvalue weighted by atomic mass is 32.2. The zero-order chi connectivity index (χ0) is 24.1. The van der Waals surface area contributed by atoms with Crippen molar-refractivity contribution in [3.8, 4) is 23.0 Å². The molecular weight excluding hydrogens is 460 g/mol. The fraction of sp³-hybridized carbons (Fsp3) is 0.208. The number of sulfonamides is 1. The number of nitrogens with one attached hydrogen (secondary N) is 1. The molecule has 0 atom stereocenters. The maximum absolute atomic E-state index is 13.6. The number of amides is 1. The number of nitrogens with zero attached hydrogens (tertiary/aromatic N) is 1. The van der Waals surface area contributed by atoms with Gasteiger partial charge in [-0.15, -0.1) is 0 Å². The van der Waals surface area contributed by atoms with Crippen LogP contribution in [0.25, 0.3) is 0 Å². The fourth-order valence-electron chi connectivity index (χ4n) is 3.47. The number of ether oxygens (including phenoxy) is 4. The molecule has 178 valence electrons. The van der Waals surface area contributed by atoms with Crippen molar-refractivity contribution in [2.75, 3.05) is 32.9 Å². The molecular formula is C24H24N2O7S. The number of fused-ring (bicyclic) bond motifs is 1. The molecule has 34 heavy (non-hydrogen) atoms. The molecule has 1 aliphatic heterocycles. The Kier molecular flexibility index (Phi) is 6.90. The molecule has 9 nitrogen and oxygen atoms in total. The Balaban J connectivity index is 1.60. The van der Waals surface area contributed by atoms with E-state index in [0.717, 1.165) is 9.87 Å². The van der Waals surface area contributed by atoms with Crippen LogP contribution in [0.4, 0.5) is 5.69 Å². The third-order valence-corrected chi connectivity index (χ3v) is 6.96. The van der Waals surface area contributed by atoms with Crippen LogP contribution in [0.1, 0.15) is 5.56 Å². The molecule has 0 unspecified atom stereocenters. The third-order valence-electron chi connectivity index (χ3n) is 5.17. The third kappa shape index (κ3) is 5.08. The highest BCUT2D eigenvalue weighted by molar-refractivity contribution is 7.89. The zero-order valence-corrected chi connectivity index (χ0v) is 19.5. The van der Waals surface area contributed by atoms with Crippen molar-refractivity contribution in [2.45, 2.75) is 11.4 Å². The van der Waals surface area contributed by atoms with Crippen LogP contribution in [0.2, 0.25) is 0 Å². The molecule has 4 rings (SSSR count). The number of methoxy groups -OCH3 is 2. The maximum Gasteiger partial charge on any atom is 0.243 e. The summed E-state index contributed by atoms with van der Waals surface area (Å²) in [5.41, 5.74) is 1.21. The number of carbonyl (C=O) groups is 1. The summed E-state index contributed by atoms with van der Waals surface area (Å²) in [4.78, 5) is 12.9. The van der Waals surface area contributed by atoms with Gasteiger partial charge in [0.2, 0.25) is 22.7 Å². The second-order valence-electron chi connectivity index (χ2n) is 7.39. The van der Waals surface area contributed by atoms with E-state index >= 15 is 0 Å². The molecule has 0 aromatic heterocycles. The van der Waals surface area contributed by atoms with Crippen molar-refractivity contribution >= 4 is 21.6 Å². The molecule has 0 aliphatic carbocycles. The minimum absolute atomic E-state index is 0.00603. The number of anilines is 1. The molecule has 10 heteroatoms. The number of carbonyl (C=O) groups excluding carboxylic acids is 1. The van der Waals surface area contributed by atoms with E-state index in [1.54, 1.807) is 30.3 Å². The molecule has 0 bridgehead atoms. The molecule has 0 fully saturated rings. The molecule has 0 radical (unpaired) electrons. The Morgan fingerprint density at radius 1 is 0.941 bits per heavy atom. The van der Waals surface area contributed by atoms with Gasteiger partial charge >= 0.3 is 0 Å². The largest absolute Gasteiger partial charge is 0.493 e. The van der Waals surface area contributed by atoms with Gasteiger partial charge in [0.05, 0.1) is 25.7 Å². The summed E-state index contributed by atoms with van der Waals surface area (Å²) in [5.74, 6) is 1.26. The Hall–Kier alpha value is -3.76. The quantitative estimate of drug-likeness (QED) is 0.497. The minimum atomic E-state index is -4.06. The van der Waals surface area contributed by atoms with E-state index in [-0.39, 0.29) is 24.0 Å². The summed E-state index contributed by atoms with van der Waals surface area (Å²) in [6, 6.07) is 18.3. The predicted molar refractivity (Wildman–Crippen MR) is 125 cm³/mol. The van der Waals surface area contributed by atoms with Crippen molar-refractivity contribution in [2.24, 2.45) is 0 Å². The van der Waals surface area contributed by atoms with Gasteiger partial charge < -0.3 is 24.3 Å². The predicted octanol–water partition coefficient (Wildman–Crippen LogP) is 3.26. The van der Waals surface area contributed by atoms with Gasteiger partial charge in [-0.2, -0.15) is 4.31 Å². The van der Waals surface area contributed by atoms with Gasteiger partial charge in [-0.25, -0.2) is 8.42 Å². The van der Waals surface area contributed by atoms with E-state index in [0.29, 0.717) is 22.9 Å². The van der Waals surface area contributed by atoms with Crippen LogP contribution in [0.5, 0.6) is 23.0 Å². The van der Waals surface area contributed by atoms with Crippen LogP contribution in [0, 0.1) is 0 Å². The Morgan fingerprint density at radius 3 is 2.41 bits per heavy atom. The number of benzene rings is 3. The van der Waals surface area contributed by atoms with E-state index in [1.165, 1.54) is 32.4 Å². The van der Waals surface area contributed by atoms with Crippen LogP contribution in [0.15, 0.2) is 71.6 Å². The molecule has 3 aromatic rings. The zero-order valence-electron chi connectivity index (χ0n) is 18.7. The van der Waals surface area contributed by atoms with E-state index in [2.05, 4.69) is 5.32 Å². The molecule has 0 saturated carbocycles. The lowest BCUT2D eigenvalue weighted by molar-refractivity contribution is -0.116. The molecule has 1 amide bonds. The monoisotopic (exact) mass is 484 g/mol. The average Bonchev–Trinajstić information content (AvgIpc) is 3.31. The van der Waals surface area contributed by atoms with E-state index in [4.69, 9.17) is 18.9 Å². The van der Waals surface area contributed by atoms with Crippen molar-refractivity contribution in [1.29, 1.82) is 0 Å². The summed E-state index contributed by atoms with van der Waals surface area (Å²) in [6.45, 7) is -0.284. The van der Waals surface area contributed by atoms with Gasteiger partial charge in [-0.3, -0.25) is 4.79 Å². The summed E-state index contributed by atoms with van der Waals surface area (Å²) in [6.07, 6.45) is 0. The Morgan fingerprint density at radius 2 is 1.68 bits per heavy atom. The maximum atomic E-state index is 13.6. The number of rotatable bonds is 9. The normalized spacial score (nSPS) is 12.4. The first kappa shape index (κ1) is 23.4. The Bertz CT molecular complexity index is 1280. The van der Waals surface area contributed by atoms with Crippen LogP contribution < -0.4 is 24.3 Å². The molecule has 1 N–H and O–H groups in total. The van der Waals surface area contributed by atoms with Gasteiger partial charge in [0, 0.05) is 24.4 Å². The summed E-state index contributed by atoms with van der Waals surface area (Å²) >= 11 is 0. The Labute approximate surface area is 197 Å². The summed E-state index contributed by atoms with van der Waals surface area (Å²) in [5, 5.41) is 2.73. The second kappa shape index (κ2) is 10.0. The first-order chi connectivity index (χ1) is 16.4. The van der Waals surface area contributed by atoms with Gasteiger partial charge in [0.1, 0.15) is 0 Å². The van der Waals surface area contributed by atoms with Crippen LogP contribution in [-0.4, -0.2) is 46.2 Å². The lowest BCUT2D eigenvalue weighted by atomic mass is 10.2. The van der Waals surface area contributed by atoms with Gasteiger partial charge in [-0.05, 0) is 29.8 Å². The van der Waals surface area contributed by atoms with Crippen molar-refractivity contribution in [3.05, 3.63) is 72.3 Å². The highest BCUT2D eigenvalue weighted by Gasteiger charge is 2.28. The molecule has 0 saturated heterocycles. The van der Waals surface area contributed by atoms with Crippen molar-refractivity contribution < 1.29 is 32.2 Å². The average molecular weight is 485 g/mol. The first-order valence-electron chi connectivity index (χ1n) is 10.4. The smallest absolute Gasteiger partial charge is 0.243 e. The van der Waals surface area contributed by atoms with Crippen LogP contribution in [0.3, 0.4) is 0 Å². The molecule has 1 heterocycles. The molecule has 3 aromatic carbocycles. The van der Waals surface area contributed by atoms with Crippen LogP contribution in [-0.2, 0) is 21.4 Å².